The van der Waals surface area contributed by atoms with Crippen molar-refractivity contribution in [2.75, 3.05) is 18.4 Å². The molecule has 9 heteroatoms. The number of benzene rings is 1. The summed E-state index contributed by atoms with van der Waals surface area (Å²) in [6.45, 7) is 0.444. The highest BCUT2D eigenvalue weighted by Gasteiger charge is 2.43. The maximum absolute atomic E-state index is 13.0. The lowest BCUT2D eigenvalue weighted by Crippen LogP contribution is -2.47. The molecule has 0 spiro atoms. The standard InChI is InChI=1S/C15H16F2N2O5/c16-15(17)23-11-5-4-9(7-12(11)24-15)18-13(20)8-19-6-2-1-3-10(19)14(21)22/h4-5,7,10H,1-3,6,8H2,(H,18,20)(H,21,22). The maximum atomic E-state index is 13.0. The zero-order chi connectivity index (χ0) is 17.3. The fraction of sp³-hybridized carbons (Fsp3) is 0.467. The van der Waals surface area contributed by atoms with Crippen molar-refractivity contribution in [2.24, 2.45) is 0 Å². The van der Waals surface area contributed by atoms with E-state index in [1.807, 2.05) is 0 Å². The number of carbonyl (C=O) groups is 2. The molecule has 1 atom stereocenters. The number of ether oxygens (including phenoxy) is 2. The number of aliphatic carboxylic acids is 1. The largest absolute Gasteiger partial charge is 0.586 e. The van der Waals surface area contributed by atoms with Gasteiger partial charge in [0.05, 0.1) is 6.54 Å². The van der Waals surface area contributed by atoms with Crippen molar-refractivity contribution in [2.45, 2.75) is 31.6 Å². The van der Waals surface area contributed by atoms with Gasteiger partial charge in [-0.3, -0.25) is 14.5 Å². The number of hydrogen-bond acceptors (Lipinski definition) is 5. The van der Waals surface area contributed by atoms with E-state index in [0.29, 0.717) is 13.0 Å². The quantitative estimate of drug-likeness (QED) is 0.869. The summed E-state index contributed by atoms with van der Waals surface area (Å²) in [5.74, 6) is -1.65. The number of fused-ring (bicyclic) bond motifs is 1. The molecule has 1 aromatic carbocycles. The SMILES string of the molecule is O=C(CN1CCCCC1C(=O)O)Nc1ccc2c(c1)OC(F)(F)O2. The van der Waals surface area contributed by atoms with Crippen LogP contribution >= 0.6 is 0 Å². The molecule has 2 N–H and O–H groups in total. The highest BCUT2D eigenvalue weighted by molar-refractivity contribution is 5.93. The fourth-order valence-corrected chi connectivity index (χ4v) is 2.87. The van der Waals surface area contributed by atoms with Crippen LogP contribution in [0.2, 0.25) is 0 Å². The van der Waals surface area contributed by atoms with Crippen molar-refractivity contribution in [1.29, 1.82) is 0 Å². The van der Waals surface area contributed by atoms with Gasteiger partial charge in [-0.15, -0.1) is 8.78 Å². The van der Waals surface area contributed by atoms with Gasteiger partial charge < -0.3 is 19.9 Å². The van der Waals surface area contributed by atoms with E-state index in [1.165, 1.54) is 18.2 Å². The summed E-state index contributed by atoms with van der Waals surface area (Å²) in [7, 11) is 0. The van der Waals surface area contributed by atoms with Crippen LogP contribution in [-0.2, 0) is 9.59 Å². The number of nitrogens with zero attached hydrogens (tertiary/aromatic N) is 1. The molecule has 1 saturated heterocycles. The van der Waals surface area contributed by atoms with Gasteiger partial charge in [0.2, 0.25) is 5.91 Å². The monoisotopic (exact) mass is 342 g/mol. The number of anilines is 1. The number of amides is 1. The van der Waals surface area contributed by atoms with E-state index in [9.17, 15) is 23.5 Å². The number of carboxylic acid groups (broad SMARTS) is 1. The van der Waals surface area contributed by atoms with Crippen molar-refractivity contribution in [3.63, 3.8) is 0 Å². The smallest absolute Gasteiger partial charge is 0.480 e. The first kappa shape index (κ1) is 16.4. The van der Waals surface area contributed by atoms with Gasteiger partial charge in [-0.25, -0.2) is 0 Å². The molecular weight excluding hydrogens is 326 g/mol. The minimum Gasteiger partial charge on any atom is -0.480 e. The molecule has 1 amide bonds. The molecule has 2 heterocycles. The molecule has 0 saturated carbocycles. The summed E-state index contributed by atoms with van der Waals surface area (Å²) in [4.78, 5) is 24.9. The highest BCUT2D eigenvalue weighted by atomic mass is 19.3. The number of carboxylic acids is 1. The first-order valence-electron chi connectivity index (χ1n) is 7.51. The van der Waals surface area contributed by atoms with E-state index in [0.717, 1.165) is 12.8 Å². The van der Waals surface area contributed by atoms with E-state index < -0.39 is 24.2 Å². The Hall–Kier alpha value is -2.42. The number of nitrogens with one attached hydrogen (secondary N) is 1. The van der Waals surface area contributed by atoms with Crippen molar-refractivity contribution in [1.82, 2.24) is 4.90 Å². The van der Waals surface area contributed by atoms with Crippen LogP contribution in [0.3, 0.4) is 0 Å². The van der Waals surface area contributed by atoms with Crippen molar-refractivity contribution >= 4 is 17.6 Å². The van der Waals surface area contributed by atoms with Gasteiger partial charge in [-0.2, -0.15) is 0 Å². The second kappa shape index (κ2) is 6.23. The van der Waals surface area contributed by atoms with Crippen LogP contribution in [0.25, 0.3) is 0 Å². The number of alkyl halides is 2. The highest BCUT2D eigenvalue weighted by Crippen LogP contribution is 2.42. The lowest BCUT2D eigenvalue weighted by Gasteiger charge is -2.32. The lowest BCUT2D eigenvalue weighted by molar-refractivity contribution is -0.286. The van der Waals surface area contributed by atoms with Crippen molar-refractivity contribution < 1.29 is 33.0 Å². The molecule has 0 aromatic heterocycles. The average molecular weight is 342 g/mol. The molecule has 0 aliphatic carbocycles. The van der Waals surface area contributed by atoms with Crippen LogP contribution in [0.5, 0.6) is 11.5 Å². The van der Waals surface area contributed by atoms with E-state index in [4.69, 9.17) is 0 Å². The molecule has 3 rings (SSSR count). The molecule has 7 nitrogen and oxygen atoms in total. The number of halogens is 2. The summed E-state index contributed by atoms with van der Waals surface area (Å²) in [6.07, 6.45) is -1.57. The Morgan fingerprint density at radius 2 is 2.04 bits per heavy atom. The molecule has 1 unspecified atom stereocenters. The number of carbonyl (C=O) groups excluding carboxylic acids is 1. The zero-order valence-electron chi connectivity index (χ0n) is 12.6. The summed E-state index contributed by atoms with van der Waals surface area (Å²) in [5.41, 5.74) is 0.268. The van der Waals surface area contributed by atoms with E-state index in [-0.39, 0.29) is 23.7 Å². The van der Waals surface area contributed by atoms with Crippen LogP contribution in [0.1, 0.15) is 19.3 Å². The van der Waals surface area contributed by atoms with Crippen molar-refractivity contribution in [3.8, 4) is 11.5 Å². The molecule has 0 radical (unpaired) electrons. The van der Waals surface area contributed by atoms with E-state index >= 15 is 0 Å². The number of hydrogen-bond donors (Lipinski definition) is 2. The normalized spacial score (nSPS) is 22.2. The molecule has 130 valence electrons. The van der Waals surface area contributed by atoms with Gasteiger partial charge >= 0.3 is 12.3 Å². The predicted molar refractivity (Wildman–Crippen MR) is 78.1 cm³/mol. The Balaban J connectivity index is 1.62. The molecule has 1 fully saturated rings. The van der Waals surface area contributed by atoms with Gasteiger partial charge in [0, 0.05) is 11.8 Å². The molecule has 2 aliphatic heterocycles. The third kappa shape index (κ3) is 3.56. The first-order valence-corrected chi connectivity index (χ1v) is 7.51. The van der Waals surface area contributed by atoms with Crippen LogP contribution in [-0.4, -0.2) is 47.3 Å². The molecule has 1 aromatic rings. The molecule has 24 heavy (non-hydrogen) atoms. The van der Waals surface area contributed by atoms with Crippen LogP contribution in [0.15, 0.2) is 18.2 Å². The van der Waals surface area contributed by atoms with Gasteiger partial charge in [-0.1, -0.05) is 6.42 Å². The first-order chi connectivity index (χ1) is 11.3. The summed E-state index contributed by atoms with van der Waals surface area (Å²) in [5, 5.41) is 11.7. The second-order valence-corrected chi connectivity index (χ2v) is 5.70. The van der Waals surface area contributed by atoms with Crippen LogP contribution < -0.4 is 14.8 Å². The average Bonchev–Trinajstić information content (AvgIpc) is 2.80. The molecule has 2 aliphatic rings. The van der Waals surface area contributed by atoms with Gasteiger partial charge in [0.15, 0.2) is 11.5 Å². The Morgan fingerprint density at radius 1 is 1.29 bits per heavy atom. The maximum Gasteiger partial charge on any atom is 0.586 e. The third-order valence-corrected chi connectivity index (χ3v) is 3.93. The second-order valence-electron chi connectivity index (χ2n) is 5.70. The molecule has 0 bridgehead atoms. The van der Waals surface area contributed by atoms with Gasteiger partial charge in [0.1, 0.15) is 6.04 Å². The number of piperidine rings is 1. The summed E-state index contributed by atoms with van der Waals surface area (Å²) < 4.78 is 34.5. The lowest BCUT2D eigenvalue weighted by atomic mass is 10.0. The van der Waals surface area contributed by atoms with Gasteiger partial charge in [0.25, 0.3) is 0 Å². The zero-order valence-corrected chi connectivity index (χ0v) is 12.6. The number of likely N-dealkylation sites (tertiary alicyclic amines) is 1. The minimum absolute atomic E-state index is 0.0818. The number of rotatable bonds is 4. The Labute approximate surface area is 136 Å². The topological polar surface area (TPSA) is 88.1 Å². The van der Waals surface area contributed by atoms with Crippen LogP contribution in [0.4, 0.5) is 14.5 Å². The van der Waals surface area contributed by atoms with E-state index in [1.54, 1.807) is 4.90 Å². The summed E-state index contributed by atoms with van der Waals surface area (Å²) >= 11 is 0. The fourth-order valence-electron chi connectivity index (χ4n) is 2.87. The van der Waals surface area contributed by atoms with Gasteiger partial charge in [-0.05, 0) is 31.5 Å². The molecular formula is C15H16F2N2O5. The Morgan fingerprint density at radius 3 is 2.79 bits per heavy atom. The van der Waals surface area contributed by atoms with Crippen LogP contribution in [0, 0.1) is 0 Å². The van der Waals surface area contributed by atoms with Crippen molar-refractivity contribution in [3.05, 3.63) is 18.2 Å². The Kier molecular flexibility index (Phi) is 4.27. The minimum atomic E-state index is -3.71. The third-order valence-electron chi connectivity index (χ3n) is 3.93. The predicted octanol–water partition coefficient (Wildman–Crippen LogP) is 1.89. The summed E-state index contributed by atoms with van der Waals surface area (Å²) in [6, 6.07) is 3.23. The van der Waals surface area contributed by atoms with E-state index in [2.05, 4.69) is 14.8 Å². The Bertz CT molecular complexity index is 667.